The van der Waals surface area contributed by atoms with Crippen LogP contribution in [0.1, 0.15) is 50.4 Å². The second kappa shape index (κ2) is 5.66. The monoisotopic (exact) mass is 288 g/mol. The van der Waals surface area contributed by atoms with Gasteiger partial charge >= 0.3 is 0 Å². The van der Waals surface area contributed by atoms with Crippen molar-refractivity contribution >= 4 is 11.3 Å². The van der Waals surface area contributed by atoms with Crippen molar-refractivity contribution in [2.45, 2.75) is 51.5 Å². The van der Waals surface area contributed by atoms with Crippen LogP contribution in [0.5, 0.6) is 0 Å². The van der Waals surface area contributed by atoms with Crippen molar-refractivity contribution in [2.75, 3.05) is 0 Å². The van der Waals surface area contributed by atoms with Gasteiger partial charge in [-0.25, -0.2) is 4.98 Å². The lowest BCUT2D eigenvalue weighted by Gasteiger charge is -2.26. The third kappa shape index (κ3) is 3.28. The van der Waals surface area contributed by atoms with Crippen molar-refractivity contribution in [3.05, 3.63) is 52.0 Å². The van der Waals surface area contributed by atoms with Crippen LogP contribution >= 0.6 is 11.3 Å². The first kappa shape index (κ1) is 15.2. The number of hydrogen-bond acceptors (Lipinski definition) is 3. The zero-order valence-corrected chi connectivity index (χ0v) is 13.6. The van der Waals surface area contributed by atoms with Crippen LogP contribution in [-0.2, 0) is 17.4 Å². The summed E-state index contributed by atoms with van der Waals surface area (Å²) >= 11 is 1.69. The van der Waals surface area contributed by atoms with Crippen LogP contribution in [-0.4, -0.2) is 4.98 Å². The Labute approximate surface area is 126 Å². The lowest BCUT2D eigenvalue weighted by Crippen LogP contribution is -2.38. The molecule has 0 radical (unpaired) electrons. The highest BCUT2D eigenvalue weighted by Gasteiger charge is 2.30. The van der Waals surface area contributed by atoms with Gasteiger partial charge in [0.25, 0.3) is 0 Å². The van der Waals surface area contributed by atoms with E-state index in [9.17, 15) is 0 Å². The average Bonchev–Trinajstić information content (AvgIpc) is 2.90. The molecule has 0 amide bonds. The van der Waals surface area contributed by atoms with Gasteiger partial charge in [-0.15, -0.1) is 11.3 Å². The molecule has 108 valence electrons. The maximum Gasteiger partial charge on any atom is 0.113 e. The molecular formula is C17H24N2S. The van der Waals surface area contributed by atoms with E-state index in [1.165, 1.54) is 5.56 Å². The summed E-state index contributed by atoms with van der Waals surface area (Å²) in [6, 6.07) is 10.4. The Kier molecular flexibility index (Phi) is 4.31. The zero-order chi connectivity index (χ0) is 14.8. The van der Waals surface area contributed by atoms with E-state index in [1.54, 1.807) is 11.3 Å². The molecule has 2 N–H and O–H groups in total. The molecule has 1 aromatic carbocycles. The maximum atomic E-state index is 6.66. The van der Waals surface area contributed by atoms with Crippen molar-refractivity contribution < 1.29 is 0 Å². The summed E-state index contributed by atoms with van der Waals surface area (Å²) in [6.45, 7) is 8.70. The lowest BCUT2D eigenvalue weighted by molar-refractivity contribution is 0.419. The van der Waals surface area contributed by atoms with Gasteiger partial charge in [-0.05, 0) is 18.4 Å². The second-order valence-electron chi connectivity index (χ2n) is 6.46. The van der Waals surface area contributed by atoms with Gasteiger partial charge < -0.3 is 5.73 Å². The highest BCUT2D eigenvalue weighted by Crippen LogP contribution is 2.32. The number of aromatic nitrogens is 1. The van der Waals surface area contributed by atoms with Crippen LogP contribution in [0.15, 0.2) is 35.7 Å². The topological polar surface area (TPSA) is 38.9 Å². The molecule has 0 aliphatic carbocycles. The summed E-state index contributed by atoms with van der Waals surface area (Å²) in [5.74, 6) is 0. The van der Waals surface area contributed by atoms with Crippen molar-refractivity contribution in [1.29, 1.82) is 0 Å². The predicted molar refractivity (Wildman–Crippen MR) is 87.1 cm³/mol. The molecule has 1 heterocycles. The van der Waals surface area contributed by atoms with Crippen LogP contribution in [0.3, 0.4) is 0 Å². The zero-order valence-electron chi connectivity index (χ0n) is 12.8. The van der Waals surface area contributed by atoms with Crippen molar-refractivity contribution in [2.24, 2.45) is 5.73 Å². The Morgan fingerprint density at radius 3 is 2.30 bits per heavy atom. The van der Waals surface area contributed by atoms with Gasteiger partial charge in [-0.3, -0.25) is 0 Å². The van der Waals surface area contributed by atoms with Crippen LogP contribution in [0.2, 0.25) is 0 Å². The van der Waals surface area contributed by atoms with E-state index in [0.29, 0.717) is 0 Å². The molecule has 2 nitrogen and oxygen atoms in total. The van der Waals surface area contributed by atoms with Gasteiger partial charge in [0.05, 0.1) is 11.2 Å². The third-order valence-electron chi connectivity index (χ3n) is 3.69. The fraction of sp³-hybridized carbons (Fsp3) is 0.471. The van der Waals surface area contributed by atoms with Crippen LogP contribution in [0.25, 0.3) is 0 Å². The Hall–Kier alpha value is -1.19. The van der Waals surface area contributed by atoms with E-state index in [2.05, 4.69) is 57.3 Å². The molecule has 20 heavy (non-hydrogen) atoms. The minimum absolute atomic E-state index is 0.0795. The number of hydrogen-bond donors (Lipinski definition) is 1. The molecule has 0 aliphatic rings. The summed E-state index contributed by atoms with van der Waals surface area (Å²) in [6.07, 6.45) is 1.72. The van der Waals surface area contributed by atoms with E-state index < -0.39 is 0 Å². The normalized spacial score (nSPS) is 15.1. The summed E-state index contributed by atoms with van der Waals surface area (Å²) in [7, 11) is 0. The number of nitrogens with two attached hydrogens (primary N) is 1. The van der Waals surface area contributed by atoms with Gasteiger partial charge in [-0.1, -0.05) is 58.0 Å². The molecule has 0 saturated heterocycles. The van der Waals surface area contributed by atoms with Gasteiger partial charge in [0.2, 0.25) is 0 Å². The molecule has 0 spiro atoms. The van der Waals surface area contributed by atoms with E-state index >= 15 is 0 Å². The van der Waals surface area contributed by atoms with E-state index in [1.807, 2.05) is 6.07 Å². The number of rotatable bonds is 4. The Bertz CT molecular complexity index is 554. The Morgan fingerprint density at radius 2 is 1.80 bits per heavy atom. The van der Waals surface area contributed by atoms with E-state index in [0.717, 1.165) is 23.5 Å². The third-order valence-corrected chi connectivity index (χ3v) is 4.75. The Balaban J connectivity index is 2.29. The van der Waals surface area contributed by atoms with Crippen molar-refractivity contribution in [3.8, 4) is 0 Å². The quantitative estimate of drug-likeness (QED) is 0.913. The van der Waals surface area contributed by atoms with Gasteiger partial charge in [0, 0.05) is 10.8 Å². The fourth-order valence-corrected chi connectivity index (χ4v) is 3.39. The average molecular weight is 288 g/mol. The first-order chi connectivity index (χ1) is 9.35. The Morgan fingerprint density at radius 1 is 1.15 bits per heavy atom. The highest BCUT2D eigenvalue weighted by atomic mass is 32.1. The van der Waals surface area contributed by atoms with Crippen molar-refractivity contribution in [3.63, 3.8) is 0 Å². The van der Waals surface area contributed by atoms with E-state index in [-0.39, 0.29) is 11.0 Å². The molecule has 0 saturated carbocycles. The molecule has 0 bridgehead atoms. The molecule has 1 atom stereocenters. The maximum absolute atomic E-state index is 6.66. The summed E-state index contributed by atoms with van der Waals surface area (Å²) in [5.41, 5.74) is 8.77. The molecule has 1 aromatic heterocycles. The molecule has 0 fully saturated rings. The highest BCUT2D eigenvalue weighted by molar-refractivity contribution is 7.09. The number of thiazole rings is 1. The summed E-state index contributed by atoms with van der Waals surface area (Å²) in [5, 5.41) is 3.20. The van der Waals surface area contributed by atoms with E-state index in [4.69, 9.17) is 10.7 Å². The number of benzene rings is 1. The molecular weight excluding hydrogens is 264 g/mol. The first-order valence-electron chi connectivity index (χ1n) is 7.14. The minimum Gasteiger partial charge on any atom is -0.319 e. The standard InChI is InChI=1S/C17H24N2S/c1-5-17(18,11-13-9-7-6-8-10-13)15-19-14(12-20-15)16(2,3)4/h6-10,12H,5,11,18H2,1-4H3. The van der Waals surface area contributed by atoms with Crippen molar-refractivity contribution in [1.82, 2.24) is 4.98 Å². The SMILES string of the molecule is CCC(N)(Cc1ccccc1)c1nc(C(C)(C)C)cs1. The molecule has 2 aromatic rings. The minimum atomic E-state index is -0.366. The largest absolute Gasteiger partial charge is 0.319 e. The first-order valence-corrected chi connectivity index (χ1v) is 8.02. The lowest BCUT2D eigenvalue weighted by atomic mass is 9.89. The molecule has 3 heteroatoms. The van der Waals surface area contributed by atoms with Crippen LogP contribution < -0.4 is 5.73 Å². The summed E-state index contributed by atoms with van der Waals surface area (Å²) < 4.78 is 0. The molecule has 1 unspecified atom stereocenters. The molecule has 0 aliphatic heterocycles. The van der Waals surface area contributed by atoms with Gasteiger partial charge in [0.1, 0.15) is 5.01 Å². The van der Waals surface area contributed by atoms with Crippen LogP contribution in [0.4, 0.5) is 0 Å². The predicted octanol–water partition coefficient (Wildman–Crippen LogP) is 4.25. The van der Waals surface area contributed by atoms with Gasteiger partial charge in [-0.2, -0.15) is 0 Å². The molecule has 2 rings (SSSR count). The fourth-order valence-electron chi connectivity index (χ4n) is 2.16. The number of nitrogens with zero attached hydrogens (tertiary/aromatic N) is 1. The smallest absolute Gasteiger partial charge is 0.113 e. The van der Waals surface area contributed by atoms with Crippen LogP contribution in [0, 0.1) is 0 Å². The second-order valence-corrected chi connectivity index (χ2v) is 7.32. The van der Waals surface area contributed by atoms with Gasteiger partial charge in [0.15, 0.2) is 0 Å². The summed E-state index contributed by atoms with van der Waals surface area (Å²) in [4.78, 5) is 4.81.